The van der Waals surface area contributed by atoms with Crippen molar-refractivity contribution < 1.29 is 4.79 Å². The summed E-state index contributed by atoms with van der Waals surface area (Å²) in [5.41, 5.74) is 6.30. The van der Waals surface area contributed by atoms with Crippen molar-refractivity contribution >= 4 is 17.5 Å². The molecule has 2 aliphatic rings. The summed E-state index contributed by atoms with van der Waals surface area (Å²) in [6.07, 6.45) is 2.64. The lowest BCUT2D eigenvalue weighted by Crippen LogP contribution is -2.55. The van der Waals surface area contributed by atoms with Crippen LogP contribution < -0.4 is 10.6 Å². The lowest BCUT2D eigenvalue weighted by Gasteiger charge is -2.38. The number of halogens is 1. The summed E-state index contributed by atoms with van der Waals surface area (Å²) in [4.78, 5) is 19.7. The van der Waals surface area contributed by atoms with E-state index in [0.717, 1.165) is 70.0 Å². The van der Waals surface area contributed by atoms with Gasteiger partial charge in [-0.3, -0.25) is 9.69 Å². The van der Waals surface area contributed by atoms with E-state index >= 15 is 0 Å². The van der Waals surface area contributed by atoms with Gasteiger partial charge in [-0.1, -0.05) is 125 Å². The topological polar surface area (TPSA) is 50.9 Å². The van der Waals surface area contributed by atoms with Gasteiger partial charge < -0.3 is 20.4 Å². The Bertz CT molecular complexity index is 1280. The molecule has 278 valence electrons. The molecule has 0 bridgehead atoms. The lowest BCUT2D eigenvalue weighted by molar-refractivity contribution is -0.135. The van der Waals surface area contributed by atoms with Crippen LogP contribution in [0.25, 0.3) is 0 Å². The third-order valence-corrected chi connectivity index (χ3v) is 9.09. The summed E-state index contributed by atoms with van der Waals surface area (Å²) in [7, 11) is 2.11. The van der Waals surface area contributed by atoms with Gasteiger partial charge in [-0.25, -0.2) is 0 Å². The zero-order chi connectivity index (χ0) is 37.3. The Kier molecular flexibility index (Phi) is 23.9. The van der Waals surface area contributed by atoms with Crippen LogP contribution in [0.15, 0.2) is 91.1 Å². The number of piperazine rings is 1. The Morgan fingerprint density at radius 1 is 0.880 bits per heavy atom. The molecule has 0 aliphatic carbocycles. The molecule has 50 heavy (non-hydrogen) atoms. The molecule has 3 aromatic carbocycles. The number of hydrogen-bond donors (Lipinski definition) is 2. The van der Waals surface area contributed by atoms with E-state index in [1.165, 1.54) is 23.1 Å². The smallest absolute Gasteiger partial charge is 0.245 e. The Hall–Kier alpha value is -3.16. The molecule has 0 radical (unpaired) electrons. The van der Waals surface area contributed by atoms with Gasteiger partial charge in [0.25, 0.3) is 0 Å². The molecule has 1 fully saturated rings. The van der Waals surface area contributed by atoms with Gasteiger partial charge in [0.2, 0.25) is 5.91 Å². The van der Waals surface area contributed by atoms with Crippen molar-refractivity contribution in [3.8, 4) is 0 Å². The van der Waals surface area contributed by atoms with Gasteiger partial charge in [0, 0.05) is 55.9 Å². The minimum absolute atomic E-state index is 0.160. The van der Waals surface area contributed by atoms with E-state index < -0.39 is 0 Å². The minimum atomic E-state index is -0.278. The molecule has 2 heterocycles. The Morgan fingerprint density at radius 2 is 1.44 bits per heavy atom. The highest BCUT2D eigenvalue weighted by Gasteiger charge is 2.28. The summed E-state index contributed by atoms with van der Waals surface area (Å²) >= 11 is 5.97. The monoisotopic (exact) mass is 706 g/mol. The minimum Gasteiger partial charge on any atom is -0.377 e. The molecule has 1 unspecified atom stereocenters. The molecule has 6 nitrogen and oxygen atoms in total. The fourth-order valence-electron chi connectivity index (χ4n) is 5.26. The molecule has 1 atom stereocenters. The number of aryl methyl sites for hydroxylation is 1. The first kappa shape index (κ1) is 44.9. The van der Waals surface area contributed by atoms with Gasteiger partial charge in [0.05, 0.1) is 0 Å². The molecular weight excluding hydrogens is 638 g/mol. The molecular formula is C43H68ClN5O. The fraction of sp³-hybridized carbons (Fsp3) is 0.512. The highest BCUT2D eigenvalue weighted by atomic mass is 35.5. The van der Waals surface area contributed by atoms with Gasteiger partial charge in [0.1, 0.15) is 6.04 Å². The van der Waals surface area contributed by atoms with E-state index in [9.17, 15) is 4.79 Å². The highest BCUT2D eigenvalue weighted by Crippen LogP contribution is 2.15. The second-order valence-corrected chi connectivity index (χ2v) is 13.2. The van der Waals surface area contributed by atoms with E-state index in [0.29, 0.717) is 17.5 Å². The van der Waals surface area contributed by atoms with Crippen LogP contribution in [0, 0.1) is 6.92 Å². The van der Waals surface area contributed by atoms with Gasteiger partial charge in [-0.15, -0.1) is 0 Å². The number of allylic oxidation sites excluding steroid dienone is 1. The SMILES string of the molecule is C=C(CC)NC(Cc1ccc(Cl)cc1)C(=O)N1CCN(C(C)C)CC1.CC.CCN(C)CC.Cc1ccccc1.c1ccc2c(c1)CCNC2. The third-order valence-electron chi connectivity index (χ3n) is 8.84. The molecule has 1 saturated heterocycles. The number of nitrogens with zero attached hydrogens (tertiary/aromatic N) is 3. The molecule has 2 aliphatic heterocycles. The standard InChI is InChI=1S/C20H30ClN3O.C9H11N.C7H8.C5H13N.C2H6/c1-5-16(4)22-19(14-17-6-8-18(21)9-7-17)20(25)24-12-10-23(11-13-24)15(2)3;1-2-4-9-7-10-6-5-8(9)3-1;1-7-5-3-2-4-6-7;1-4-6(3)5-2;1-2/h6-9,15,19,22H,4-5,10-14H2,1-3H3;1-4,10H,5-7H2;2-6H,1H3;4-5H2,1-3H3;1-2H3. The van der Waals surface area contributed by atoms with Crippen molar-refractivity contribution in [2.24, 2.45) is 0 Å². The summed E-state index contributed by atoms with van der Waals surface area (Å²) in [5.74, 6) is 0.160. The normalized spacial score (nSPS) is 14.2. The fourth-order valence-corrected chi connectivity index (χ4v) is 5.39. The zero-order valence-electron chi connectivity index (χ0n) is 32.8. The van der Waals surface area contributed by atoms with Crippen molar-refractivity contribution in [3.63, 3.8) is 0 Å². The molecule has 1 amide bonds. The quantitative estimate of drug-likeness (QED) is 0.234. The lowest BCUT2D eigenvalue weighted by atomic mass is 10.0. The highest BCUT2D eigenvalue weighted by molar-refractivity contribution is 6.30. The van der Waals surface area contributed by atoms with Crippen molar-refractivity contribution in [2.45, 2.75) is 93.3 Å². The zero-order valence-corrected chi connectivity index (χ0v) is 33.5. The molecule has 0 aromatic heterocycles. The number of amides is 1. The first-order valence-corrected chi connectivity index (χ1v) is 19.1. The molecule has 0 saturated carbocycles. The van der Waals surface area contributed by atoms with Crippen LogP contribution in [0.5, 0.6) is 0 Å². The van der Waals surface area contributed by atoms with Gasteiger partial charge in [-0.05, 0) is 89.1 Å². The summed E-state index contributed by atoms with van der Waals surface area (Å²) < 4.78 is 0. The number of carbonyl (C=O) groups is 1. The van der Waals surface area contributed by atoms with Gasteiger partial charge >= 0.3 is 0 Å². The van der Waals surface area contributed by atoms with Crippen LogP contribution in [0.1, 0.15) is 77.1 Å². The number of rotatable bonds is 9. The summed E-state index contributed by atoms with van der Waals surface area (Å²) in [6, 6.07) is 26.8. The van der Waals surface area contributed by atoms with Crippen LogP contribution in [-0.2, 0) is 24.2 Å². The molecule has 0 spiro atoms. The maximum absolute atomic E-state index is 13.1. The Balaban J connectivity index is 0.000000403. The van der Waals surface area contributed by atoms with Crippen molar-refractivity contribution in [1.82, 2.24) is 25.3 Å². The van der Waals surface area contributed by atoms with Crippen molar-refractivity contribution in [1.29, 1.82) is 0 Å². The average Bonchev–Trinajstić information content (AvgIpc) is 3.16. The van der Waals surface area contributed by atoms with Crippen LogP contribution in [-0.4, -0.2) is 85.6 Å². The van der Waals surface area contributed by atoms with E-state index in [4.69, 9.17) is 11.6 Å². The van der Waals surface area contributed by atoms with Crippen LogP contribution in [0.2, 0.25) is 5.02 Å². The van der Waals surface area contributed by atoms with Gasteiger partial charge in [0.15, 0.2) is 0 Å². The van der Waals surface area contributed by atoms with Crippen molar-refractivity contribution in [3.05, 3.63) is 118 Å². The predicted octanol–water partition coefficient (Wildman–Crippen LogP) is 8.63. The summed E-state index contributed by atoms with van der Waals surface area (Å²) in [6.45, 7) is 28.8. The molecule has 5 rings (SSSR count). The van der Waals surface area contributed by atoms with Crippen LogP contribution >= 0.6 is 11.6 Å². The van der Waals surface area contributed by atoms with Gasteiger partial charge in [-0.2, -0.15) is 0 Å². The first-order chi connectivity index (χ1) is 24.1. The van der Waals surface area contributed by atoms with Crippen LogP contribution in [0.3, 0.4) is 0 Å². The van der Waals surface area contributed by atoms with Crippen LogP contribution in [0.4, 0.5) is 0 Å². The third kappa shape index (κ3) is 18.2. The number of fused-ring (bicyclic) bond motifs is 1. The molecule has 3 aromatic rings. The maximum Gasteiger partial charge on any atom is 0.245 e. The number of hydrogen-bond acceptors (Lipinski definition) is 5. The van der Waals surface area contributed by atoms with E-state index in [1.807, 2.05) is 68.1 Å². The number of benzene rings is 3. The molecule has 7 heteroatoms. The Morgan fingerprint density at radius 3 is 1.90 bits per heavy atom. The number of carbonyl (C=O) groups excluding carboxylic acids is 1. The maximum atomic E-state index is 13.1. The first-order valence-electron chi connectivity index (χ1n) is 18.8. The second kappa shape index (κ2) is 26.6. The summed E-state index contributed by atoms with van der Waals surface area (Å²) in [5, 5.41) is 7.38. The second-order valence-electron chi connectivity index (χ2n) is 12.8. The molecule has 2 N–H and O–H groups in total. The van der Waals surface area contributed by atoms with Crippen molar-refractivity contribution in [2.75, 3.05) is 52.9 Å². The Labute approximate surface area is 311 Å². The average molecular weight is 707 g/mol. The van der Waals surface area contributed by atoms with E-state index in [1.54, 1.807) is 0 Å². The predicted molar refractivity (Wildman–Crippen MR) is 218 cm³/mol. The van der Waals surface area contributed by atoms with E-state index in [2.05, 4.69) is 105 Å². The van der Waals surface area contributed by atoms with E-state index in [-0.39, 0.29) is 11.9 Å². The number of nitrogens with one attached hydrogen (secondary N) is 2. The largest absolute Gasteiger partial charge is 0.377 e.